The van der Waals surface area contributed by atoms with Gasteiger partial charge in [0.05, 0.1) is 24.5 Å². The molecule has 0 bridgehead atoms. The Bertz CT molecular complexity index is 388. The van der Waals surface area contributed by atoms with Crippen molar-refractivity contribution in [2.24, 2.45) is 0 Å². The van der Waals surface area contributed by atoms with Gasteiger partial charge in [-0.1, -0.05) is 0 Å². The molecular weight excluding hydrogens is 232 g/mol. The van der Waals surface area contributed by atoms with Crippen LogP contribution < -0.4 is 4.74 Å². The third kappa shape index (κ3) is 2.97. The van der Waals surface area contributed by atoms with Gasteiger partial charge in [-0.15, -0.1) is 0 Å². The predicted octanol–water partition coefficient (Wildman–Crippen LogP) is 1.35. The Morgan fingerprint density at radius 1 is 1.39 bits per heavy atom. The quantitative estimate of drug-likeness (QED) is 0.828. The molecule has 1 aliphatic carbocycles. The van der Waals surface area contributed by atoms with E-state index in [0.717, 1.165) is 18.5 Å². The minimum Gasteiger partial charge on any atom is -0.481 e. The van der Waals surface area contributed by atoms with Gasteiger partial charge >= 0.3 is 0 Å². The molecule has 0 amide bonds. The van der Waals surface area contributed by atoms with E-state index in [1.807, 2.05) is 0 Å². The van der Waals surface area contributed by atoms with Crippen molar-refractivity contribution in [2.75, 3.05) is 14.2 Å². The van der Waals surface area contributed by atoms with Crippen LogP contribution in [0.25, 0.3) is 0 Å². The first-order valence-corrected chi connectivity index (χ1v) is 6.25. The van der Waals surface area contributed by atoms with E-state index in [1.165, 1.54) is 12.7 Å². The van der Waals surface area contributed by atoms with E-state index in [-0.39, 0.29) is 5.60 Å². The summed E-state index contributed by atoms with van der Waals surface area (Å²) in [5.74, 6) is 0.525. The normalized spacial score (nSPS) is 19.1. The van der Waals surface area contributed by atoms with Crippen molar-refractivity contribution in [3.8, 4) is 5.88 Å². The summed E-state index contributed by atoms with van der Waals surface area (Å²) in [7, 11) is 3.29. The zero-order valence-corrected chi connectivity index (χ0v) is 10.9. The van der Waals surface area contributed by atoms with Gasteiger partial charge < -0.3 is 14.6 Å². The van der Waals surface area contributed by atoms with Crippen molar-refractivity contribution in [1.29, 1.82) is 0 Å². The second-order valence-electron chi connectivity index (χ2n) is 4.85. The fraction of sp³-hybridized carbons (Fsp3) is 0.692. The van der Waals surface area contributed by atoms with Crippen molar-refractivity contribution in [1.82, 2.24) is 9.97 Å². The average Bonchev–Trinajstić information content (AvgIpc) is 2.34. The Labute approximate surface area is 107 Å². The number of nitrogens with zero attached hydrogens (tertiary/aromatic N) is 2. The number of aromatic nitrogens is 2. The van der Waals surface area contributed by atoms with Gasteiger partial charge in [0.2, 0.25) is 5.88 Å². The molecule has 5 nitrogen and oxygen atoms in total. The van der Waals surface area contributed by atoms with Crippen LogP contribution in [0.4, 0.5) is 0 Å². The monoisotopic (exact) mass is 252 g/mol. The van der Waals surface area contributed by atoms with Crippen molar-refractivity contribution >= 4 is 0 Å². The first-order chi connectivity index (χ1) is 8.67. The first-order valence-electron chi connectivity index (χ1n) is 6.25. The molecule has 1 heterocycles. The van der Waals surface area contributed by atoms with E-state index < -0.39 is 6.10 Å². The summed E-state index contributed by atoms with van der Waals surface area (Å²) in [6.45, 7) is 0. The number of aliphatic hydroxyl groups excluding tert-OH is 1. The minimum atomic E-state index is -0.440. The lowest BCUT2D eigenvalue weighted by Crippen LogP contribution is -2.42. The summed E-state index contributed by atoms with van der Waals surface area (Å²) in [5.41, 5.74) is 0.677. The van der Waals surface area contributed by atoms with Gasteiger partial charge in [-0.25, -0.2) is 9.97 Å². The number of hydrogen-bond donors (Lipinski definition) is 1. The molecule has 5 heteroatoms. The summed E-state index contributed by atoms with van der Waals surface area (Å²) >= 11 is 0. The highest BCUT2D eigenvalue weighted by Crippen LogP contribution is 2.39. The topological polar surface area (TPSA) is 64.5 Å². The van der Waals surface area contributed by atoms with Crippen LogP contribution >= 0.6 is 0 Å². The van der Waals surface area contributed by atoms with Crippen LogP contribution in [0.5, 0.6) is 5.88 Å². The lowest BCUT2D eigenvalue weighted by molar-refractivity contribution is -0.0990. The molecule has 0 aliphatic heterocycles. The van der Waals surface area contributed by atoms with E-state index in [0.29, 0.717) is 18.7 Å². The number of ether oxygens (including phenoxy) is 2. The largest absolute Gasteiger partial charge is 0.481 e. The molecule has 1 aromatic heterocycles. The Morgan fingerprint density at radius 3 is 2.72 bits per heavy atom. The van der Waals surface area contributed by atoms with Gasteiger partial charge in [-0.2, -0.15) is 0 Å². The highest BCUT2D eigenvalue weighted by atomic mass is 16.5. The zero-order valence-electron chi connectivity index (χ0n) is 10.9. The molecule has 0 saturated heterocycles. The maximum absolute atomic E-state index is 10.1. The van der Waals surface area contributed by atoms with Crippen molar-refractivity contribution in [3.05, 3.63) is 18.1 Å². The molecule has 18 heavy (non-hydrogen) atoms. The van der Waals surface area contributed by atoms with Crippen LogP contribution in [0.1, 0.15) is 31.4 Å². The Kier molecular flexibility index (Phi) is 4.14. The highest BCUT2D eigenvalue weighted by molar-refractivity contribution is 5.14. The molecule has 1 aliphatic rings. The van der Waals surface area contributed by atoms with Gasteiger partial charge in [-0.05, 0) is 19.3 Å². The molecule has 1 atom stereocenters. The van der Waals surface area contributed by atoms with Crippen LogP contribution in [0.3, 0.4) is 0 Å². The fourth-order valence-corrected chi connectivity index (χ4v) is 2.41. The molecule has 2 rings (SSSR count). The highest BCUT2D eigenvalue weighted by Gasteiger charge is 2.38. The lowest BCUT2D eigenvalue weighted by atomic mass is 9.75. The van der Waals surface area contributed by atoms with E-state index >= 15 is 0 Å². The number of rotatable bonds is 6. The molecule has 1 fully saturated rings. The second kappa shape index (κ2) is 5.63. The van der Waals surface area contributed by atoms with Crippen molar-refractivity contribution < 1.29 is 14.6 Å². The molecule has 0 spiro atoms. The molecule has 1 saturated carbocycles. The first kappa shape index (κ1) is 13.2. The van der Waals surface area contributed by atoms with Gasteiger partial charge in [0, 0.05) is 26.0 Å². The Balaban J connectivity index is 1.92. The SMILES string of the molecule is COc1cc(CC(O)CC2(OC)CCC2)ncn1. The summed E-state index contributed by atoms with van der Waals surface area (Å²) in [6.07, 6.45) is 5.43. The number of hydrogen-bond acceptors (Lipinski definition) is 5. The second-order valence-corrected chi connectivity index (χ2v) is 4.85. The zero-order chi connectivity index (χ0) is 13.0. The van der Waals surface area contributed by atoms with Gasteiger partial charge in [0.1, 0.15) is 6.33 Å². The summed E-state index contributed by atoms with van der Waals surface area (Å²) < 4.78 is 10.5. The van der Waals surface area contributed by atoms with Crippen molar-refractivity contribution in [2.45, 2.75) is 43.8 Å². The fourth-order valence-electron chi connectivity index (χ4n) is 2.41. The predicted molar refractivity (Wildman–Crippen MR) is 66.5 cm³/mol. The summed E-state index contributed by atoms with van der Waals surface area (Å²) in [5, 5.41) is 10.1. The minimum absolute atomic E-state index is 0.115. The molecule has 1 aromatic rings. The Hall–Kier alpha value is -1.20. The van der Waals surface area contributed by atoms with Crippen LogP contribution in [0.2, 0.25) is 0 Å². The van der Waals surface area contributed by atoms with E-state index in [9.17, 15) is 5.11 Å². The van der Waals surface area contributed by atoms with Crippen LogP contribution in [0, 0.1) is 0 Å². The molecule has 0 aromatic carbocycles. The summed E-state index contributed by atoms with van der Waals surface area (Å²) in [6, 6.07) is 1.75. The molecule has 0 radical (unpaired) electrons. The van der Waals surface area contributed by atoms with Crippen LogP contribution in [0.15, 0.2) is 12.4 Å². The number of aliphatic hydroxyl groups is 1. The van der Waals surface area contributed by atoms with Crippen molar-refractivity contribution in [3.63, 3.8) is 0 Å². The van der Waals surface area contributed by atoms with Gasteiger partial charge in [0.25, 0.3) is 0 Å². The van der Waals surface area contributed by atoms with Crippen LogP contribution in [-0.4, -0.2) is 41.0 Å². The van der Waals surface area contributed by atoms with E-state index in [4.69, 9.17) is 9.47 Å². The lowest BCUT2D eigenvalue weighted by Gasteiger charge is -2.41. The smallest absolute Gasteiger partial charge is 0.216 e. The molecule has 1 unspecified atom stereocenters. The Morgan fingerprint density at radius 2 is 2.17 bits per heavy atom. The average molecular weight is 252 g/mol. The van der Waals surface area contributed by atoms with Gasteiger partial charge in [-0.3, -0.25) is 0 Å². The van der Waals surface area contributed by atoms with Crippen LogP contribution in [-0.2, 0) is 11.2 Å². The van der Waals surface area contributed by atoms with E-state index in [1.54, 1.807) is 20.3 Å². The van der Waals surface area contributed by atoms with E-state index in [2.05, 4.69) is 9.97 Å². The summed E-state index contributed by atoms with van der Waals surface area (Å²) in [4.78, 5) is 8.08. The third-order valence-electron chi connectivity index (χ3n) is 3.66. The molecular formula is C13H20N2O3. The van der Waals surface area contributed by atoms with Gasteiger partial charge in [0.15, 0.2) is 0 Å². The standard InChI is InChI=1S/C13H20N2O3/c1-17-12-7-10(14-9-15-12)6-11(16)8-13(18-2)4-3-5-13/h7,9,11,16H,3-6,8H2,1-2H3. The third-order valence-corrected chi connectivity index (χ3v) is 3.66. The number of methoxy groups -OCH3 is 2. The maximum atomic E-state index is 10.1. The maximum Gasteiger partial charge on any atom is 0.216 e. The molecule has 100 valence electrons. The molecule has 1 N–H and O–H groups in total.